The van der Waals surface area contributed by atoms with Gasteiger partial charge >= 0.3 is 0 Å². The van der Waals surface area contributed by atoms with Gasteiger partial charge in [-0.3, -0.25) is 20.0 Å². The molecule has 0 aliphatic carbocycles. The maximum atomic E-state index is 12.1. The number of aliphatic imine (C=N–C) groups is 1. The van der Waals surface area contributed by atoms with Crippen molar-refractivity contribution < 1.29 is 9.59 Å². The van der Waals surface area contributed by atoms with Crippen LogP contribution in [-0.4, -0.2) is 28.7 Å². The highest BCUT2D eigenvalue weighted by Crippen LogP contribution is 2.27. The van der Waals surface area contributed by atoms with Gasteiger partial charge in [-0.15, -0.1) is 0 Å². The Balaban J connectivity index is 2.01. The van der Waals surface area contributed by atoms with Crippen LogP contribution in [0.25, 0.3) is 0 Å². The Hall–Kier alpha value is -3.28. The number of amides is 1. The molecule has 3 rings (SSSR count). The van der Waals surface area contributed by atoms with Gasteiger partial charge in [0.05, 0.1) is 16.9 Å². The average molecular weight is 362 g/mol. The number of ketones is 1. The van der Waals surface area contributed by atoms with Crippen molar-refractivity contribution >= 4 is 28.8 Å². The molecule has 0 unspecified atom stereocenters. The monoisotopic (exact) mass is 362 g/mol. The van der Waals surface area contributed by atoms with Gasteiger partial charge in [0.2, 0.25) is 0 Å². The number of benzene rings is 2. The molecule has 0 radical (unpaired) electrons. The predicted molar refractivity (Wildman–Crippen MR) is 107 cm³/mol. The van der Waals surface area contributed by atoms with Crippen molar-refractivity contribution in [1.29, 1.82) is 0 Å². The molecule has 27 heavy (non-hydrogen) atoms. The minimum atomic E-state index is -0.670. The van der Waals surface area contributed by atoms with Crippen LogP contribution in [0.1, 0.15) is 42.3 Å². The second-order valence-corrected chi connectivity index (χ2v) is 7.18. The molecular formula is C21H22N4O2. The summed E-state index contributed by atoms with van der Waals surface area (Å²) in [4.78, 5) is 28.4. The van der Waals surface area contributed by atoms with Crippen molar-refractivity contribution in [2.45, 2.75) is 32.7 Å². The van der Waals surface area contributed by atoms with Crippen LogP contribution in [0.3, 0.4) is 0 Å². The van der Waals surface area contributed by atoms with Crippen molar-refractivity contribution in [3.63, 3.8) is 0 Å². The fourth-order valence-corrected chi connectivity index (χ4v) is 3.11. The highest BCUT2D eigenvalue weighted by atomic mass is 16.1. The highest BCUT2D eigenvalue weighted by molar-refractivity contribution is 6.70. The summed E-state index contributed by atoms with van der Waals surface area (Å²) in [6, 6.07) is 14.7. The Morgan fingerprint density at radius 1 is 1.15 bits per heavy atom. The lowest BCUT2D eigenvalue weighted by atomic mass is 9.85. The Labute approximate surface area is 158 Å². The van der Waals surface area contributed by atoms with Crippen LogP contribution in [-0.2, 0) is 11.2 Å². The van der Waals surface area contributed by atoms with Crippen LogP contribution in [0.4, 0.5) is 5.69 Å². The normalized spacial score (nSPS) is 15.5. The molecule has 138 valence electrons. The van der Waals surface area contributed by atoms with E-state index in [0.717, 1.165) is 17.5 Å². The first-order chi connectivity index (χ1) is 12.8. The smallest absolute Gasteiger partial charge is 0.271 e. The van der Waals surface area contributed by atoms with Crippen LogP contribution in [0, 0.1) is 0 Å². The molecule has 1 aliphatic heterocycles. The van der Waals surface area contributed by atoms with E-state index in [1.54, 1.807) is 24.3 Å². The van der Waals surface area contributed by atoms with Gasteiger partial charge in [0.25, 0.3) is 5.91 Å². The molecule has 2 aromatic carbocycles. The summed E-state index contributed by atoms with van der Waals surface area (Å²) in [5.41, 5.74) is 11.7. The fraction of sp³-hybridized carbons (Fsp3) is 0.238. The zero-order valence-corrected chi connectivity index (χ0v) is 15.6. The third kappa shape index (κ3) is 4.11. The van der Waals surface area contributed by atoms with Crippen molar-refractivity contribution in [2.24, 2.45) is 15.8 Å². The standard InChI is InChI=1S/C21H22N4O2/c1-13(26)14-8-6-9-16(11-14)24-25-19(20(22)27)18-17-10-5-4-7-15(17)12-21(2,3)23-18/h4-11,24H,12H2,1-3H3,(H2,22,27)/b25-19+. The van der Waals surface area contributed by atoms with Crippen LogP contribution in [0.2, 0.25) is 0 Å². The van der Waals surface area contributed by atoms with E-state index >= 15 is 0 Å². The molecule has 0 spiro atoms. The molecule has 0 bridgehead atoms. The highest BCUT2D eigenvalue weighted by Gasteiger charge is 2.30. The zero-order valence-electron chi connectivity index (χ0n) is 15.6. The lowest BCUT2D eigenvalue weighted by Crippen LogP contribution is -2.38. The average Bonchev–Trinajstić information content (AvgIpc) is 2.60. The van der Waals surface area contributed by atoms with E-state index < -0.39 is 5.91 Å². The molecule has 2 aromatic rings. The van der Waals surface area contributed by atoms with E-state index in [1.807, 2.05) is 38.1 Å². The summed E-state index contributed by atoms with van der Waals surface area (Å²) in [5, 5.41) is 4.23. The number of carbonyl (C=O) groups excluding carboxylic acids is 2. The Bertz CT molecular complexity index is 974. The minimum absolute atomic E-state index is 0.0508. The molecule has 3 N–H and O–H groups in total. The Kier molecular flexibility index (Phi) is 4.90. The molecule has 6 heteroatoms. The first-order valence-corrected chi connectivity index (χ1v) is 8.70. The van der Waals surface area contributed by atoms with E-state index in [9.17, 15) is 9.59 Å². The molecule has 0 saturated heterocycles. The number of nitrogens with zero attached hydrogens (tertiary/aromatic N) is 2. The number of carbonyl (C=O) groups is 2. The molecule has 1 heterocycles. The predicted octanol–water partition coefficient (Wildman–Crippen LogP) is 2.97. The quantitative estimate of drug-likeness (QED) is 0.486. The number of rotatable bonds is 5. The molecule has 0 fully saturated rings. The van der Waals surface area contributed by atoms with E-state index in [-0.39, 0.29) is 17.0 Å². The van der Waals surface area contributed by atoms with Gasteiger partial charge in [0.15, 0.2) is 11.5 Å². The second kappa shape index (κ2) is 7.15. The van der Waals surface area contributed by atoms with Gasteiger partial charge in [0.1, 0.15) is 0 Å². The molecule has 6 nitrogen and oxygen atoms in total. The lowest BCUT2D eigenvalue weighted by Gasteiger charge is -2.28. The van der Waals surface area contributed by atoms with Gasteiger partial charge in [-0.05, 0) is 44.9 Å². The van der Waals surface area contributed by atoms with Gasteiger partial charge in [-0.25, -0.2) is 0 Å². The van der Waals surface area contributed by atoms with Crippen molar-refractivity contribution in [3.05, 3.63) is 65.2 Å². The number of hydrogen-bond donors (Lipinski definition) is 2. The van der Waals surface area contributed by atoms with E-state index in [0.29, 0.717) is 17.0 Å². The molecule has 1 aliphatic rings. The first-order valence-electron chi connectivity index (χ1n) is 8.70. The van der Waals surface area contributed by atoms with Gasteiger partial charge < -0.3 is 5.73 Å². The van der Waals surface area contributed by atoms with Crippen molar-refractivity contribution in [3.8, 4) is 0 Å². The summed E-state index contributed by atoms with van der Waals surface area (Å²) >= 11 is 0. The number of hydrogen-bond acceptors (Lipinski definition) is 5. The number of primary amides is 1. The van der Waals surface area contributed by atoms with Gasteiger partial charge in [-0.2, -0.15) is 5.10 Å². The summed E-state index contributed by atoms with van der Waals surface area (Å²) in [6.07, 6.45) is 0.771. The molecule has 0 atom stereocenters. The maximum absolute atomic E-state index is 12.1. The minimum Gasteiger partial charge on any atom is -0.364 e. The first kappa shape index (κ1) is 18.5. The number of nitrogens with two attached hydrogens (primary N) is 1. The topological polar surface area (TPSA) is 96.9 Å². The number of anilines is 1. The van der Waals surface area contributed by atoms with Gasteiger partial charge in [-0.1, -0.05) is 36.4 Å². The van der Waals surface area contributed by atoms with Crippen LogP contribution < -0.4 is 11.2 Å². The zero-order chi connectivity index (χ0) is 19.6. The number of Topliss-reactive ketones (excluding diaryl/α,β-unsaturated/α-hetero) is 1. The molecular weight excluding hydrogens is 340 g/mol. The van der Waals surface area contributed by atoms with Crippen LogP contribution in [0.15, 0.2) is 58.6 Å². The van der Waals surface area contributed by atoms with Crippen molar-refractivity contribution in [1.82, 2.24) is 0 Å². The third-order valence-corrected chi connectivity index (χ3v) is 4.33. The van der Waals surface area contributed by atoms with E-state index in [1.165, 1.54) is 6.92 Å². The molecule has 1 amide bonds. The molecule has 0 saturated carbocycles. The Morgan fingerprint density at radius 3 is 2.59 bits per heavy atom. The van der Waals surface area contributed by atoms with Gasteiger partial charge in [0, 0.05) is 11.1 Å². The number of fused-ring (bicyclic) bond motifs is 1. The van der Waals surface area contributed by atoms with Crippen LogP contribution >= 0.6 is 0 Å². The maximum Gasteiger partial charge on any atom is 0.271 e. The number of nitrogens with one attached hydrogen (secondary N) is 1. The number of hydrazone groups is 1. The summed E-state index contributed by atoms with van der Waals surface area (Å²) in [6.45, 7) is 5.50. The van der Waals surface area contributed by atoms with Crippen LogP contribution in [0.5, 0.6) is 0 Å². The fourth-order valence-electron chi connectivity index (χ4n) is 3.11. The lowest BCUT2D eigenvalue weighted by molar-refractivity contribution is -0.111. The summed E-state index contributed by atoms with van der Waals surface area (Å²) < 4.78 is 0. The Morgan fingerprint density at radius 2 is 1.89 bits per heavy atom. The second-order valence-electron chi connectivity index (χ2n) is 7.18. The summed E-state index contributed by atoms with van der Waals surface area (Å²) in [5.74, 6) is -0.721. The SMILES string of the molecule is CC(=O)c1cccc(N/N=C(/C(N)=O)C2=NC(C)(C)Cc3ccccc32)c1. The van der Waals surface area contributed by atoms with Crippen molar-refractivity contribution in [2.75, 3.05) is 5.43 Å². The van der Waals surface area contributed by atoms with E-state index in [4.69, 9.17) is 10.7 Å². The van der Waals surface area contributed by atoms with E-state index in [2.05, 4.69) is 10.5 Å². The largest absolute Gasteiger partial charge is 0.364 e. The molecule has 0 aromatic heterocycles. The summed E-state index contributed by atoms with van der Waals surface area (Å²) in [7, 11) is 0. The third-order valence-electron chi connectivity index (χ3n) is 4.33.